The Morgan fingerprint density at radius 2 is 2.25 bits per heavy atom. The van der Waals surface area contributed by atoms with Gasteiger partial charge in [-0.15, -0.1) is 0 Å². The topological polar surface area (TPSA) is 70.2 Å². The molecule has 0 aromatic heterocycles. The molecule has 5 nitrogen and oxygen atoms in total. The fourth-order valence-electron chi connectivity index (χ4n) is 1.88. The van der Waals surface area contributed by atoms with E-state index in [-0.39, 0.29) is 24.4 Å². The average Bonchev–Trinajstić information content (AvgIpc) is 3.09. The number of piperazine rings is 1. The third kappa shape index (κ3) is 3.48. The second-order valence-corrected chi connectivity index (χ2v) is 4.61. The molecule has 2 rings (SSSR count). The summed E-state index contributed by atoms with van der Waals surface area (Å²) in [5.41, 5.74) is 0. The maximum absolute atomic E-state index is 11.6. The number of rotatable bonds is 5. The highest BCUT2D eigenvalue weighted by molar-refractivity contribution is 5.86. The monoisotopic (exact) mass is 225 g/mol. The lowest BCUT2D eigenvalue weighted by atomic mass is 10.2. The number of carbonyl (C=O) groups is 2. The van der Waals surface area contributed by atoms with Gasteiger partial charge in [0.1, 0.15) is 6.04 Å². The Bertz CT molecular complexity index is 266. The maximum atomic E-state index is 11.6. The number of nitrogens with one attached hydrogen (secondary N) is 3. The second-order valence-electron chi connectivity index (χ2n) is 4.61. The van der Waals surface area contributed by atoms with Crippen molar-refractivity contribution in [1.82, 2.24) is 16.0 Å². The van der Waals surface area contributed by atoms with Gasteiger partial charge in [0.25, 0.3) is 0 Å². The van der Waals surface area contributed by atoms with E-state index in [1.807, 2.05) is 0 Å². The molecule has 1 atom stereocenters. The molecule has 1 unspecified atom stereocenters. The zero-order valence-corrected chi connectivity index (χ0v) is 9.42. The Balaban J connectivity index is 1.57. The Labute approximate surface area is 95.3 Å². The van der Waals surface area contributed by atoms with Crippen molar-refractivity contribution < 1.29 is 9.59 Å². The predicted octanol–water partition coefficient (Wildman–Crippen LogP) is -0.619. The molecule has 2 aliphatic rings. The summed E-state index contributed by atoms with van der Waals surface area (Å²) in [6.07, 6.45) is 5.03. The first kappa shape index (κ1) is 11.4. The standard InChI is InChI=1S/C11H19N3O2/c15-10-7-13-9(6-14-10)11(16)12-5-1-2-8-3-4-8/h8-9,13H,1-7H2,(H,12,16)(H,14,15). The minimum Gasteiger partial charge on any atom is -0.355 e. The first-order valence-electron chi connectivity index (χ1n) is 6.03. The van der Waals surface area contributed by atoms with Crippen LogP contribution in [0.2, 0.25) is 0 Å². The summed E-state index contributed by atoms with van der Waals surface area (Å²) in [5.74, 6) is 0.873. The van der Waals surface area contributed by atoms with Crippen LogP contribution in [0, 0.1) is 5.92 Å². The van der Waals surface area contributed by atoms with Crippen molar-refractivity contribution in [2.24, 2.45) is 5.92 Å². The highest BCUT2D eigenvalue weighted by atomic mass is 16.2. The van der Waals surface area contributed by atoms with E-state index in [0.717, 1.165) is 18.9 Å². The molecule has 0 radical (unpaired) electrons. The van der Waals surface area contributed by atoms with Gasteiger partial charge in [0, 0.05) is 13.1 Å². The number of carbonyl (C=O) groups excluding carboxylic acids is 2. The molecule has 16 heavy (non-hydrogen) atoms. The molecular weight excluding hydrogens is 206 g/mol. The molecule has 1 aliphatic heterocycles. The maximum Gasteiger partial charge on any atom is 0.238 e. The molecular formula is C11H19N3O2. The van der Waals surface area contributed by atoms with Crippen LogP contribution in [0.15, 0.2) is 0 Å². The zero-order chi connectivity index (χ0) is 11.4. The minimum absolute atomic E-state index is 0.00389. The normalized spacial score (nSPS) is 25.0. The van der Waals surface area contributed by atoms with E-state index in [9.17, 15) is 9.59 Å². The molecule has 1 aliphatic carbocycles. The van der Waals surface area contributed by atoms with Crippen LogP contribution < -0.4 is 16.0 Å². The Hall–Kier alpha value is -1.10. The van der Waals surface area contributed by atoms with E-state index >= 15 is 0 Å². The first-order chi connectivity index (χ1) is 7.75. The fourth-order valence-corrected chi connectivity index (χ4v) is 1.88. The second kappa shape index (κ2) is 5.30. The average molecular weight is 225 g/mol. The Kier molecular flexibility index (Phi) is 3.77. The molecule has 0 aromatic carbocycles. The summed E-state index contributed by atoms with van der Waals surface area (Å²) in [4.78, 5) is 22.5. The van der Waals surface area contributed by atoms with Gasteiger partial charge in [0.15, 0.2) is 0 Å². The summed E-state index contributed by atoms with van der Waals surface area (Å²) in [7, 11) is 0. The SMILES string of the molecule is O=C1CNC(C(=O)NCCCC2CC2)CN1. The third-order valence-corrected chi connectivity index (χ3v) is 3.11. The van der Waals surface area contributed by atoms with Crippen molar-refractivity contribution >= 4 is 11.8 Å². The van der Waals surface area contributed by atoms with E-state index < -0.39 is 0 Å². The van der Waals surface area contributed by atoms with Gasteiger partial charge in [0.05, 0.1) is 6.54 Å². The molecule has 5 heteroatoms. The molecule has 1 saturated carbocycles. The van der Waals surface area contributed by atoms with Crippen molar-refractivity contribution in [2.45, 2.75) is 31.7 Å². The summed E-state index contributed by atoms with van der Waals surface area (Å²) in [6, 6.07) is -0.265. The molecule has 2 fully saturated rings. The summed E-state index contributed by atoms with van der Waals surface area (Å²) in [6.45, 7) is 1.38. The Morgan fingerprint density at radius 1 is 1.44 bits per heavy atom. The smallest absolute Gasteiger partial charge is 0.238 e. The summed E-state index contributed by atoms with van der Waals surface area (Å²) < 4.78 is 0. The molecule has 1 saturated heterocycles. The van der Waals surface area contributed by atoms with E-state index in [0.29, 0.717) is 6.54 Å². The van der Waals surface area contributed by atoms with Crippen molar-refractivity contribution in [1.29, 1.82) is 0 Å². The van der Waals surface area contributed by atoms with Gasteiger partial charge in [-0.3, -0.25) is 14.9 Å². The van der Waals surface area contributed by atoms with E-state index in [1.54, 1.807) is 0 Å². The van der Waals surface area contributed by atoms with Gasteiger partial charge in [-0.05, 0) is 18.8 Å². The molecule has 3 N–H and O–H groups in total. The molecule has 0 aromatic rings. The van der Waals surface area contributed by atoms with Crippen molar-refractivity contribution in [3.63, 3.8) is 0 Å². The van der Waals surface area contributed by atoms with Crippen molar-refractivity contribution in [3.8, 4) is 0 Å². The number of hydrogen-bond donors (Lipinski definition) is 3. The largest absolute Gasteiger partial charge is 0.355 e. The summed E-state index contributed by atoms with van der Waals surface area (Å²) >= 11 is 0. The van der Waals surface area contributed by atoms with Crippen LogP contribution in [-0.2, 0) is 9.59 Å². The predicted molar refractivity (Wildman–Crippen MR) is 59.8 cm³/mol. The molecule has 2 amide bonds. The lowest BCUT2D eigenvalue weighted by Gasteiger charge is -2.23. The highest BCUT2D eigenvalue weighted by Crippen LogP contribution is 2.33. The van der Waals surface area contributed by atoms with Crippen LogP contribution in [0.25, 0.3) is 0 Å². The van der Waals surface area contributed by atoms with Gasteiger partial charge in [-0.1, -0.05) is 12.8 Å². The van der Waals surface area contributed by atoms with Crippen LogP contribution in [0.5, 0.6) is 0 Å². The first-order valence-corrected chi connectivity index (χ1v) is 6.03. The van der Waals surface area contributed by atoms with Crippen LogP contribution in [0.3, 0.4) is 0 Å². The van der Waals surface area contributed by atoms with Gasteiger partial charge in [-0.2, -0.15) is 0 Å². The van der Waals surface area contributed by atoms with Gasteiger partial charge < -0.3 is 10.6 Å². The third-order valence-electron chi connectivity index (χ3n) is 3.11. The highest BCUT2D eigenvalue weighted by Gasteiger charge is 2.24. The fraction of sp³-hybridized carbons (Fsp3) is 0.818. The van der Waals surface area contributed by atoms with Crippen LogP contribution in [0.4, 0.5) is 0 Å². The lowest BCUT2D eigenvalue weighted by molar-refractivity contribution is -0.126. The van der Waals surface area contributed by atoms with E-state index in [4.69, 9.17) is 0 Å². The van der Waals surface area contributed by atoms with Crippen LogP contribution in [0.1, 0.15) is 25.7 Å². The Morgan fingerprint density at radius 3 is 2.88 bits per heavy atom. The summed E-state index contributed by atoms with van der Waals surface area (Å²) in [5, 5.41) is 8.47. The van der Waals surface area contributed by atoms with Crippen molar-refractivity contribution in [3.05, 3.63) is 0 Å². The quantitative estimate of drug-likeness (QED) is 0.546. The van der Waals surface area contributed by atoms with Gasteiger partial charge in [-0.25, -0.2) is 0 Å². The molecule has 1 heterocycles. The van der Waals surface area contributed by atoms with Gasteiger partial charge in [0.2, 0.25) is 11.8 Å². The number of hydrogen-bond acceptors (Lipinski definition) is 3. The lowest BCUT2D eigenvalue weighted by Crippen LogP contribution is -2.58. The van der Waals surface area contributed by atoms with Crippen LogP contribution in [-0.4, -0.2) is 37.5 Å². The molecule has 0 spiro atoms. The van der Waals surface area contributed by atoms with Crippen molar-refractivity contribution in [2.75, 3.05) is 19.6 Å². The van der Waals surface area contributed by atoms with E-state index in [2.05, 4.69) is 16.0 Å². The van der Waals surface area contributed by atoms with Gasteiger partial charge >= 0.3 is 0 Å². The van der Waals surface area contributed by atoms with E-state index in [1.165, 1.54) is 19.3 Å². The molecule has 0 bridgehead atoms. The van der Waals surface area contributed by atoms with Crippen LogP contribution >= 0.6 is 0 Å². The minimum atomic E-state index is -0.265. The zero-order valence-electron chi connectivity index (χ0n) is 9.42. The number of amides is 2. The molecule has 90 valence electrons.